The van der Waals surface area contributed by atoms with Gasteiger partial charge in [0, 0.05) is 18.7 Å². The fourth-order valence-electron chi connectivity index (χ4n) is 3.39. The van der Waals surface area contributed by atoms with Gasteiger partial charge in [0.15, 0.2) is 18.1 Å². The van der Waals surface area contributed by atoms with E-state index in [1.54, 1.807) is 43.5 Å². The third-order valence-corrected chi connectivity index (χ3v) is 5.45. The number of nitrogens with one attached hydrogen (secondary N) is 1. The first kappa shape index (κ1) is 25.0. The van der Waals surface area contributed by atoms with Crippen LogP contribution >= 0.6 is 0 Å². The van der Waals surface area contributed by atoms with Crippen LogP contribution in [0.15, 0.2) is 42.5 Å². The first-order chi connectivity index (χ1) is 15.5. The number of nitrogens with zero attached hydrogens (tertiary/aromatic N) is 1. The first-order valence-corrected chi connectivity index (χ1v) is 11.0. The van der Waals surface area contributed by atoms with E-state index >= 15 is 0 Å². The first-order valence-electron chi connectivity index (χ1n) is 11.0. The molecular formula is C25H34N2O5. The molecule has 0 aliphatic rings. The lowest BCUT2D eigenvalue weighted by Gasteiger charge is -2.26. The molecule has 0 saturated carbocycles. The molecule has 2 rings (SSSR count). The lowest BCUT2D eigenvalue weighted by atomic mass is 10.0. The van der Waals surface area contributed by atoms with Crippen LogP contribution in [-0.4, -0.2) is 50.6 Å². The van der Waals surface area contributed by atoms with Crippen LogP contribution in [0.5, 0.6) is 17.2 Å². The summed E-state index contributed by atoms with van der Waals surface area (Å²) in [6.45, 7) is 7.43. The van der Waals surface area contributed by atoms with Crippen molar-refractivity contribution in [3.63, 3.8) is 0 Å². The second-order valence-electron chi connectivity index (χ2n) is 7.43. The predicted octanol–water partition coefficient (Wildman–Crippen LogP) is 4.62. The average molecular weight is 443 g/mol. The fourth-order valence-corrected chi connectivity index (χ4v) is 3.39. The van der Waals surface area contributed by atoms with Crippen LogP contribution in [-0.2, 0) is 4.79 Å². The van der Waals surface area contributed by atoms with Gasteiger partial charge in [-0.15, -0.1) is 0 Å². The minimum absolute atomic E-state index is 0.0434. The van der Waals surface area contributed by atoms with Crippen molar-refractivity contribution < 1.29 is 23.8 Å². The molecule has 0 spiro atoms. The number of benzene rings is 2. The van der Waals surface area contributed by atoms with Gasteiger partial charge in [-0.3, -0.25) is 9.59 Å². The number of rotatable bonds is 12. The van der Waals surface area contributed by atoms with Crippen molar-refractivity contribution in [2.24, 2.45) is 5.92 Å². The zero-order valence-corrected chi connectivity index (χ0v) is 19.6. The Hall–Kier alpha value is -3.22. The molecule has 7 nitrogen and oxygen atoms in total. The number of methoxy groups -OCH3 is 2. The van der Waals surface area contributed by atoms with Gasteiger partial charge >= 0.3 is 0 Å². The van der Waals surface area contributed by atoms with Crippen LogP contribution in [0.1, 0.15) is 44.0 Å². The topological polar surface area (TPSA) is 77.1 Å². The van der Waals surface area contributed by atoms with Crippen LogP contribution in [0.2, 0.25) is 0 Å². The van der Waals surface area contributed by atoms with Crippen molar-refractivity contribution in [1.82, 2.24) is 4.90 Å². The lowest BCUT2D eigenvalue weighted by Crippen LogP contribution is -2.35. The van der Waals surface area contributed by atoms with Crippen molar-refractivity contribution in [2.45, 2.75) is 33.6 Å². The van der Waals surface area contributed by atoms with Gasteiger partial charge in [-0.1, -0.05) is 38.8 Å². The van der Waals surface area contributed by atoms with Gasteiger partial charge < -0.3 is 24.4 Å². The molecule has 0 aromatic heterocycles. The van der Waals surface area contributed by atoms with E-state index in [4.69, 9.17) is 14.2 Å². The van der Waals surface area contributed by atoms with E-state index < -0.39 is 0 Å². The number of hydrogen-bond donors (Lipinski definition) is 1. The maximum atomic E-state index is 13.0. The third-order valence-electron chi connectivity index (χ3n) is 5.45. The van der Waals surface area contributed by atoms with E-state index in [0.29, 0.717) is 41.0 Å². The van der Waals surface area contributed by atoms with E-state index in [9.17, 15) is 9.59 Å². The summed E-state index contributed by atoms with van der Waals surface area (Å²) >= 11 is 0. The summed E-state index contributed by atoms with van der Waals surface area (Å²) in [4.78, 5) is 27.2. The summed E-state index contributed by atoms with van der Waals surface area (Å²) in [7, 11) is 3.05. The number of ether oxygens (including phenoxy) is 3. The number of carbonyl (C=O) groups excluding carboxylic acids is 2. The largest absolute Gasteiger partial charge is 0.495 e. The van der Waals surface area contributed by atoms with Gasteiger partial charge in [0.05, 0.1) is 19.9 Å². The van der Waals surface area contributed by atoms with E-state index in [0.717, 1.165) is 19.4 Å². The van der Waals surface area contributed by atoms with Gasteiger partial charge in [0.1, 0.15) is 5.75 Å². The minimum Gasteiger partial charge on any atom is -0.495 e. The van der Waals surface area contributed by atoms with E-state index in [1.165, 1.54) is 7.11 Å². The van der Waals surface area contributed by atoms with Gasteiger partial charge in [0.25, 0.3) is 11.8 Å². The second-order valence-corrected chi connectivity index (χ2v) is 7.43. The van der Waals surface area contributed by atoms with E-state index in [-0.39, 0.29) is 18.4 Å². The highest BCUT2D eigenvalue weighted by molar-refractivity contribution is 5.95. The molecule has 0 radical (unpaired) electrons. The van der Waals surface area contributed by atoms with Crippen LogP contribution in [0.3, 0.4) is 0 Å². The lowest BCUT2D eigenvalue weighted by molar-refractivity contribution is -0.118. The molecule has 1 N–H and O–H groups in total. The summed E-state index contributed by atoms with van der Waals surface area (Å²) in [5.41, 5.74) is 1.09. The highest BCUT2D eigenvalue weighted by atomic mass is 16.5. The Kier molecular flexibility index (Phi) is 9.85. The monoisotopic (exact) mass is 442 g/mol. The SMILES string of the molecule is CCC(CC)CN(CC)C(=O)c1ccc(OCC(=O)Nc2ccccc2OC)c(OC)c1. The Morgan fingerprint density at radius 3 is 2.25 bits per heavy atom. The number of carbonyl (C=O) groups is 2. The Morgan fingerprint density at radius 1 is 0.938 bits per heavy atom. The standard InChI is InChI=1S/C25H34N2O5/c1-6-18(7-2)16-27(8-3)25(29)19-13-14-22(23(15-19)31-5)32-17-24(28)26-20-11-9-10-12-21(20)30-4/h9-15,18H,6-8,16-17H2,1-5H3,(H,26,28). The van der Waals surface area contributed by atoms with Crippen molar-refractivity contribution in [3.8, 4) is 17.2 Å². The predicted molar refractivity (Wildman–Crippen MR) is 126 cm³/mol. The molecule has 0 unspecified atom stereocenters. The van der Waals surface area contributed by atoms with Crippen molar-refractivity contribution >= 4 is 17.5 Å². The molecule has 2 aromatic rings. The van der Waals surface area contributed by atoms with Crippen LogP contribution in [0, 0.1) is 5.92 Å². The number of anilines is 1. The molecule has 2 amide bonds. The molecule has 0 saturated heterocycles. The quantitative estimate of drug-likeness (QED) is 0.519. The maximum Gasteiger partial charge on any atom is 0.262 e. The Balaban J connectivity index is 2.06. The Morgan fingerprint density at radius 2 is 1.62 bits per heavy atom. The molecule has 0 bridgehead atoms. The molecule has 32 heavy (non-hydrogen) atoms. The highest BCUT2D eigenvalue weighted by Gasteiger charge is 2.19. The summed E-state index contributed by atoms with van der Waals surface area (Å²) in [6.07, 6.45) is 2.07. The van der Waals surface area contributed by atoms with Gasteiger partial charge in [-0.25, -0.2) is 0 Å². The highest BCUT2D eigenvalue weighted by Crippen LogP contribution is 2.29. The molecule has 0 fully saturated rings. The Bertz CT molecular complexity index is 896. The van der Waals surface area contributed by atoms with Gasteiger partial charge in [-0.2, -0.15) is 0 Å². The van der Waals surface area contributed by atoms with E-state index in [2.05, 4.69) is 19.2 Å². The van der Waals surface area contributed by atoms with E-state index in [1.807, 2.05) is 17.9 Å². The zero-order chi connectivity index (χ0) is 23.5. The average Bonchev–Trinajstić information content (AvgIpc) is 2.83. The van der Waals surface area contributed by atoms with Gasteiger partial charge in [-0.05, 0) is 43.2 Å². The molecule has 7 heteroatoms. The van der Waals surface area contributed by atoms with Gasteiger partial charge in [0.2, 0.25) is 0 Å². The number of amides is 2. The fraction of sp³-hybridized carbons (Fsp3) is 0.440. The van der Waals surface area contributed by atoms with Crippen molar-refractivity contribution in [1.29, 1.82) is 0 Å². The number of para-hydroxylation sites is 2. The van der Waals surface area contributed by atoms with Crippen LogP contribution in [0.25, 0.3) is 0 Å². The molecule has 0 aliphatic heterocycles. The zero-order valence-electron chi connectivity index (χ0n) is 19.6. The normalized spacial score (nSPS) is 10.6. The second kappa shape index (κ2) is 12.6. The summed E-state index contributed by atoms with van der Waals surface area (Å²) in [5, 5.41) is 2.76. The summed E-state index contributed by atoms with van der Waals surface area (Å²) in [5.74, 6) is 1.46. The minimum atomic E-state index is -0.334. The molecule has 0 atom stereocenters. The smallest absolute Gasteiger partial charge is 0.262 e. The molecule has 2 aromatic carbocycles. The van der Waals surface area contributed by atoms with Crippen molar-refractivity contribution in [3.05, 3.63) is 48.0 Å². The Labute approximate surface area is 190 Å². The third kappa shape index (κ3) is 6.64. The summed E-state index contributed by atoms with van der Waals surface area (Å²) < 4.78 is 16.3. The summed E-state index contributed by atoms with van der Waals surface area (Å²) in [6, 6.07) is 12.2. The molecule has 0 aliphatic carbocycles. The van der Waals surface area contributed by atoms with Crippen molar-refractivity contribution in [2.75, 3.05) is 39.2 Å². The molecule has 174 valence electrons. The maximum absolute atomic E-state index is 13.0. The number of hydrogen-bond acceptors (Lipinski definition) is 5. The van der Waals surface area contributed by atoms with Crippen LogP contribution in [0.4, 0.5) is 5.69 Å². The molecular weight excluding hydrogens is 408 g/mol. The molecule has 0 heterocycles. The van der Waals surface area contributed by atoms with Crippen LogP contribution < -0.4 is 19.5 Å².